The van der Waals surface area contributed by atoms with Gasteiger partial charge in [0.2, 0.25) is 0 Å². The first-order valence-electron chi connectivity index (χ1n) is 7.01. The zero-order chi connectivity index (χ0) is 15.5. The molecule has 4 nitrogen and oxygen atoms in total. The Morgan fingerprint density at radius 1 is 0.864 bits per heavy atom. The second-order valence-corrected chi connectivity index (χ2v) is 5.15. The standard InChI is InChI=1S/C18H16N2O2/c1-12-7-9-14(10-8-12)17-11-16(18(21)22-17)20-19-15-6-4-3-5-13(15)2/h3-11,21H,1-2H3. The van der Waals surface area contributed by atoms with Gasteiger partial charge in [0.25, 0.3) is 0 Å². The van der Waals surface area contributed by atoms with Crippen LogP contribution in [0.25, 0.3) is 11.3 Å². The van der Waals surface area contributed by atoms with Crippen molar-refractivity contribution in [3.63, 3.8) is 0 Å². The van der Waals surface area contributed by atoms with Gasteiger partial charge in [0, 0.05) is 11.6 Å². The van der Waals surface area contributed by atoms with Crippen LogP contribution in [-0.4, -0.2) is 5.11 Å². The first-order chi connectivity index (χ1) is 10.6. The molecule has 22 heavy (non-hydrogen) atoms. The van der Waals surface area contributed by atoms with E-state index in [1.807, 2.05) is 62.4 Å². The molecule has 1 heterocycles. The van der Waals surface area contributed by atoms with Crippen LogP contribution < -0.4 is 0 Å². The highest BCUT2D eigenvalue weighted by Crippen LogP contribution is 2.37. The van der Waals surface area contributed by atoms with Crippen molar-refractivity contribution in [1.82, 2.24) is 0 Å². The summed E-state index contributed by atoms with van der Waals surface area (Å²) in [5, 5.41) is 18.1. The summed E-state index contributed by atoms with van der Waals surface area (Å²) in [6, 6.07) is 17.2. The highest BCUT2D eigenvalue weighted by Gasteiger charge is 2.11. The Hall–Kier alpha value is -2.88. The summed E-state index contributed by atoms with van der Waals surface area (Å²) >= 11 is 0. The molecule has 0 spiro atoms. The van der Waals surface area contributed by atoms with Gasteiger partial charge in [-0.2, -0.15) is 5.11 Å². The van der Waals surface area contributed by atoms with Gasteiger partial charge in [-0.1, -0.05) is 48.0 Å². The summed E-state index contributed by atoms with van der Waals surface area (Å²) in [6.07, 6.45) is 0. The molecule has 110 valence electrons. The minimum Gasteiger partial charge on any atom is -0.479 e. The minimum absolute atomic E-state index is 0.229. The van der Waals surface area contributed by atoms with Crippen molar-refractivity contribution < 1.29 is 9.52 Å². The Labute approximate surface area is 128 Å². The Morgan fingerprint density at radius 3 is 2.27 bits per heavy atom. The third-order valence-electron chi connectivity index (χ3n) is 3.41. The number of azo groups is 1. The normalized spacial score (nSPS) is 11.2. The van der Waals surface area contributed by atoms with E-state index in [0.29, 0.717) is 11.4 Å². The number of aromatic hydroxyl groups is 1. The monoisotopic (exact) mass is 292 g/mol. The van der Waals surface area contributed by atoms with E-state index >= 15 is 0 Å². The van der Waals surface area contributed by atoms with E-state index in [4.69, 9.17) is 4.42 Å². The molecule has 3 rings (SSSR count). The van der Waals surface area contributed by atoms with E-state index in [9.17, 15) is 5.11 Å². The smallest absolute Gasteiger partial charge is 0.311 e. The van der Waals surface area contributed by atoms with Gasteiger partial charge in [0.05, 0.1) is 5.69 Å². The predicted molar refractivity (Wildman–Crippen MR) is 85.9 cm³/mol. The number of benzene rings is 2. The molecule has 0 aliphatic rings. The van der Waals surface area contributed by atoms with Crippen LogP contribution in [0.4, 0.5) is 11.4 Å². The summed E-state index contributed by atoms with van der Waals surface area (Å²) in [5.74, 6) is 0.337. The van der Waals surface area contributed by atoms with Gasteiger partial charge in [0.15, 0.2) is 5.69 Å². The lowest BCUT2D eigenvalue weighted by Crippen LogP contribution is -1.74. The van der Waals surface area contributed by atoms with Crippen molar-refractivity contribution in [2.75, 3.05) is 0 Å². The van der Waals surface area contributed by atoms with Gasteiger partial charge in [-0.15, -0.1) is 5.11 Å². The van der Waals surface area contributed by atoms with Crippen molar-refractivity contribution in [1.29, 1.82) is 0 Å². The minimum atomic E-state index is -0.229. The SMILES string of the molecule is Cc1ccc(-c2cc(N=Nc3ccccc3C)c(O)o2)cc1. The Balaban J connectivity index is 1.90. The van der Waals surface area contributed by atoms with Crippen molar-refractivity contribution in [2.45, 2.75) is 13.8 Å². The number of furan rings is 1. The van der Waals surface area contributed by atoms with E-state index in [2.05, 4.69) is 10.2 Å². The van der Waals surface area contributed by atoms with Gasteiger partial charge in [-0.05, 0) is 25.5 Å². The number of hydrogen-bond acceptors (Lipinski definition) is 4. The summed E-state index contributed by atoms with van der Waals surface area (Å²) < 4.78 is 5.36. The van der Waals surface area contributed by atoms with Crippen LogP contribution in [0.15, 0.2) is 69.2 Å². The third kappa shape index (κ3) is 2.91. The molecule has 2 aromatic carbocycles. The number of rotatable bonds is 3. The second kappa shape index (κ2) is 5.85. The predicted octanol–water partition coefficient (Wildman–Crippen LogP) is 5.68. The van der Waals surface area contributed by atoms with E-state index in [1.165, 1.54) is 5.56 Å². The summed E-state index contributed by atoms with van der Waals surface area (Å²) in [4.78, 5) is 0. The van der Waals surface area contributed by atoms with Crippen LogP contribution in [0.2, 0.25) is 0 Å². The van der Waals surface area contributed by atoms with Crippen LogP contribution in [-0.2, 0) is 0 Å². The number of nitrogens with zero attached hydrogens (tertiary/aromatic N) is 2. The fourth-order valence-corrected chi connectivity index (χ4v) is 2.09. The second-order valence-electron chi connectivity index (χ2n) is 5.15. The van der Waals surface area contributed by atoms with Crippen molar-refractivity contribution in [3.8, 4) is 17.3 Å². The van der Waals surface area contributed by atoms with Crippen molar-refractivity contribution in [3.05, 3.63) is 65.7 Å². The quantitative estimate of drug-likeness (QED) is 0.631. The zero-order valence-electron chi connectivity index (χ0n) is 12.4. The maximum absolute atomic E-state index is 9.87. The van der Waals surface area contributed by atoms with Gasteiger partial charge in [-0.3, -0.25) is 0 Å². The molecule has 1 aromatic heterocycles. The topological polar surface area (TPSA) is 58.1 Å². The first kappa shape index (κ1) is 14.1. The molecule has 0 amide bonds. The molecule has 0 unspecified atom stereocenters. The van der Waals surface area contributed by atoms with E-state index < -0.39 is 0 Å². The fraction of sp³-hybridized carbons (Fsp3) is 0.111. The molecule has 4 heteroatoms. The number of hydrogen-bond donors (Lipinski definition) is 1. The van der Waals surface area contributed by atoms with Gasteiger partial charge >= 0.3 is 5.95 Å². The Morgan fingerprint density at radius 2 is 1.55 bits per heavy atom. The lowest BCUT2D eigenvalue weighted by atomic mass is 10.1. The summed E-state index contributed by atoms with van der Waals surface area (Å²) in [6.45, 7) is 3.98. The summed E-state index contributed by atoms with van der Waals surface area (Å²) in [5.41, 5.74) is 4.16. The fourth-order valence-electron chi connectivity index (χ4n) is 2.09. The molecule has 0 atom stereocenters. The maximum Gasteiger partial charge on any atom is 0.311 e. The molecule has 0 fully saturated rings. The van der Waals surface area contributed by atoms with Crippen LogP contribution >= 0.6 is 0 Å². The van der Waals surface area contributed by atoms with Gasteiger partial charge in [-0.25, -0.2) is 0 Å². The molecular weight excluding hydrogens is 276 g/mol. The average Bonchev–Trinajstić information content (AvgIpc) is 2.88. The molecule has 0 aliphatic heterocycles. The lowest BCUT2D eigenvalue weighted by molar-refractivity contribution is 0.339. The highest BCUT2D eigenvalue weighted by molar-refractivity contribution is 5.65. The first-order valence-corrected chi connectivity index (χ1v) is 7.01. The third-order valence-corrected chi connectivity index (χ3v) is 3.41. The van der Waals surface area contributed by atoms with Crippen LogP contribution in [0.5, 0.6) is 5.95 Å². The van der Waals surface area contributed by atoms with Crippen LogP contribution in [0.3, 0.4) is 0 Å². The lowest BCUT2D eigenvalue weighted by Gasteiger charge is -1.96. The van der Waals surface area contributed by atoms with Gasteiger partial charge < -0.3 is 9.52 Å². The molecule has 0 aliphatic carbocycles. The Kier molecular flexibility index (Phi) is 3.74. The molecule has 0 saturated heterocycles. The van der Waals surface area contributed by atoms with E-state index in [-0.39, 0.29) is 5.95 Å². The van der Waals surface area contributed by atoms with E-state index in [1.54, 1.807) is 6.07 Å². The Bertz CT molecular complexity index is 817. The molecular formula is C18H16N2O2. The molecule has 1 N–H and O–H groups in total. The molecule has 3 aromatic rings. The molecule has 0 radical (unpaired) electrons. The van der Waals surface area contributed by atoms with Crippen molar-refractivity contribution >= 4 is 11.4 Å². The van der Waals surface area contributed by atoms with Crippen LogP contribution in [0, 0.1) is 13.8 Å². The molecule has 0 saturated carbocycles. The van der Waals surface area contributed by atoms with Gasteiger partial charge in [0.1, 0.15) is 5.76 Å². The van der Waals surface area contributed by atoms with E-state index in [0.717, 1.165) is 16.8 Å². The maximum atomic E-state index is 9.87. The summed E-state index contributed by atoms with van der Waals surface area (Å²) in [7, 11) is 0. The highest BCUT2D eigenvalue weighted by atomic mass is 16.5. The average molecular weight is 292 g/mol. The number of aryl methyl sites for hydroxylation is 2. The zero-order valence-corrected chi connectivity index (χ0v) is 12.4. The largest absolute Gasteiger partial charge is 0.479 e. The molecule has 0 bridgehead atoms. The van der Waals surface area contributed by atoms with Crippen molar-refractivity contribution in [2.24, 2.45) is 10.2 Å². The van der Waals surface area contributed by atoms with Crippen LogP contribution in [0.1, 0.15) is 11.1 Å².